The van der Waals surface area contributed by atoms with Gasteiger partial charge in [-0.3, -0.25) is 24.0 Å². The molecule has 5 heterocycles. The summed E-state index contributed by atoms with van der Waals surface area (Å²) < 4.78 is 18.1. The predicted molar refractivity (Wildman–Crippen MR) is 138 cm³/mol. The normalized spacial score (nSPS) is 44.1. The third-order valence-corrected chi connectivity index (χ3v) is 15.7. The number of hydrogen-bond acceptors (Lipinski definition) is 13. The maximum absolute atomic E-state index is 14.3. The first-order chi connectivity index (χ1) is 17.2. The SMILES string of the molecule is CC(=O)O[C@H]1[C@]2(OC(C)=O)C[C@]34SSSS[C@](CO)(C(=O)N3[C@@H]2C[C@@]12O[C@H](C)C(C)(C)C2=O)N(C)C4=O. The summed E-state index contributed by atoms with van der Waals surface area (Å²) in [5, 5.41) is 10.4. The third kappa shape index (κ3) is 3.24. The van der Waals surface area contributed by atoms with Crippen molar-refractivity contribution in [2.75, 3.05) is 13.7 Å². The molecule has 5 saturated heterocycles. The molecule has 1 N–H and O–H groups in total. The van der Waals surface area contributed by atoms with Crippen molar-refractivity contribution in [1.82, 2.24) is 9.80 Å². The monoisotopic (exact) mass is 592 g/mol. The second-order valence-corrected chi connectivity index (χ2v) is 16.9. The largest absolute Gasteiger partial charge is 0.455 e. The number of rotatable bonds is 3. The summed E-state index contributed by atoms with van der Waals surface area (Å²) in [5.41, 5.74) is -4.39. The number of fused-ring (bicyclic) bond motifs is 5. The molecule has 0 aromatic carbocycles. The number of esters is 2. The summed E-state index contributed by atoms with van der Waals surface area (Å²) in [6, 6.07) is -1.03. The van der Waals surface area contributed by atoms with E-state index >= 15 is 0 Å². The van der Waals surface area contributed by atoms with Crippen LogP contribution in [0.15, 0.2) is 0 Å². The van der Waals surface area contributed by atoms with Gasteiger partial charge in [0.25, 0.3) is 11.8 Å². The molecule has 11 nitrogen and oxygen atoms in total. The molecule has 204 valence electrons. The van der Waals surface area contributed by atoms with Crippen LogP contribution in [0.4, 0.5) is 0 Å². The number of aliphatic hydroxyl groups excluding tert-OH is 1. The van der Waals surface area contributed by atoms with Crippen molar-refractivity contribution >= 4 is 70.8 Å². The number of hydrogen-bond donors (Lipinski definition) is 1. The number of carbonyl (C=O) groups is 5. The maximum atomic E-state index is 14.3. The molecule has 7 atom stereocenters. The first-order valence-electron chi connectivity index (χ1n) is 11.7. The molecule has 2 bridgehead atoms. The van der Waals surface area contributed by atoms with Gasteiger partial charge in [-0.05, 0) is 48.2 Å². The van der Waals surface area contributed by atoms with Gasteiger partial charge in [0, 0.05) is 33.7 Å². The molecule has 0 aromatic heterocycles. The smallest absolute Gasteiger partial charge is 0.303 e. The number of nitrogens with zero attached hydrogens (tertiary/aromatic N) is 2. The second kappa shape index (κ2) is 8.43. The summed E-state index contributed by atoms with van der Waals surface area (Å²) in [7, 11) is 6.21. The van der Waals surface area contributed by atoms with Crippen LogP contribution in [-0.2, 0) is 38.2 Å². The summed E-state index contributed by atoms with van der Waals surface area (Å²) >= 11 is 0. The standard InChI is InChI=1S/C22H28N2O9S4/c1-10-18(4,5)14(28)19(32-10)7-13-20(33-12(3)27,15(19)31-11(2)26)8-21-16(29)23(6)22(9-25,17(30)24(13)21)35-37-36-34-21/h10,13,15,25H,7-9H2,1-6H3/t10-,13-,15-,19+,20+,21-,22-/m1/s1. The van der Waals surface area contributed by atoms with E-state index < -0.39 is 75.0 Å². The molecule has 37 heavy (non-hydrogen) atoms. The van der Waals surface area contributed by atoms with Crippen molar-refractivity contribution in [3.8, 4) is 0 Å². The molecule has 2 amide bonds. The highest BCUT2D eigenvalue weighted by molar-refractivity contribution is 9.26. The summed E-state index contributed by atoms with van der Waals surface area (Å²) in [6.45, 7) is 6.94. The Labute approximate surface area is 229 Å². The molecule has 0 unspecified atom stereocenters. The zero-order chi connectivity index (χ0) is 27.3. The van der Waals surface area contributed by atoms with Crippen LogP contribution < -0.4 is 0 Å². The molecular weight excluding hydrogens is 565 g/mol. The first-order valence-corrected chi connectivity index (χ1v) is 16.5. The van der Waals surface area contributed by atoms with Crippen LogP contribution in [0.5, 0.6) is 0 Å². The average Bonchev–Trinajstić information content (AvgIpc) is 3.27. The van der Waals surface area contributed by atoms with Crippen LogP contribution in [0.3, 0.4) is 0 Å². The Bertz CT molecular complexity index is 1120. The van der Waals surface area contributed by atoms with Gasteiger partial charge in [-0.1, -0.05) is 13.8 Å². The Morgan fingerprint density at radius 3 is 2.30 bits per heavy atom. The minimum absolute atomic E-state index is 0.139. The fourth-order valence-electron chi connectivity index (χ4n) is 6.50. The lowest BCUT2D eigenvalue weighted by atomic mass is 9.76. The van der Waals surface area contributed by atoms with E-state index in [2.05, 4.69) is 0 Å². The van der Waals surface area contributed by atoms with E-state index in [1.165, 1.54) is 50.3 Å². The van der Waals surface area contributed by atoms with E-state index in [9.17, 15) is 29.1 Å². The maximum Gasteiger partial charge on any atom is 0.303 e. The van der Waals surface area contributed by atoms with E-state index in [0.29, 0.717) is 0 Å². The van der Waals surface area contributed by atoms with Gasteiger partial charge in [0.05, 0.1) is 24.2 Å². The minimum Gasteiger partial charge on any atom is -0.455 e. The molecule has 6 rings (SSSR count). The van der Waals surface area contributed by atoms with Gasteiger partial charge in [0.2, 0.25) is 4.87 Å². The minimum atomic E-state index is -1.74. The van der Waals surface area contributed by atoms with Crippen LogP contribution in [0.2, 0.25) is 0 Å². The van der Waals surface area contributed by atoms with Crippen molar-refractivity contribution in [2.45, 2.75) is 86.7 Å². The molecule has 2 spiro atoms. The molecule has 1 aliphatic carbocycles. The van der Waals surface area contributed by atoms with Crippen LogP contribution in [0, 0.1) is 5.41 Å². The quantitative estimate of drug-likeness (QED) is 0.375. The highest BCUT2D eigenvalue weighted by atomic mass is 33.7. The first kappa shape index (κ1) is 27.4. The molecule has 6 fully saturated rings. The van der Waals surface area contributed by atoms with E-state index in [0.717, 1.165) is 21.6 Å². The Morgan fingerprint density at radius 1 is 1.11 bits per heavy atom. The van der Waals surface area contributed by atoms with Crippen LogP contribution >= 0.6 is 41.2 Å². The van der Waals surface area contributed by atoms with Crippen LogP contribution in [-0.4, -0.2) is 97.3 Å². The number of ketones is 1. The lowest BCUT2D eigenvalue weighted by Crippen LogP contribution is -2.74. The zero-order valence-electron chi connectivity index (χ0n) is 21.1. The number of carbonyl (C=O) groups excluding carboxylic acids is 5. The van der Waals surface area contributed by atoms with Gasteiger partial charge in [0.1, 0.15) is 0 Å². The van der Waals surface area contributed by atoms with Gasteiger partial charge in [-0.2, -0.15) is 0 Å². The van der Waals surface area contributed by atoms with Crippen molar-refractivity contribution in [2.24, 2.45) is 5.41 Å². The Kier molecular flexibility index (Phi) is 6.25. The second-order valence-electron chi connectivity index (χ2n) is 10.7. The number of ether oxygens (including phenoxy) is 3. The van der Waals surface area contributed by atoms with Crippen molar-refractivity contribution in [3.63, 3.8) is 0 Å². The topological polar surface area (TPSA) is 140 Å². The third-order valence-electron chi connectivity index (χ3n) is 8.45. The number of amides is 2. The summed E-state index contributed by atoms with van der Waals surface area (Å²) in [6.07, 6.45) is -2.31. The van der Waals surface area contributed by atoms with E-state index in [-0.39, 0.29) is 18.6 Å². The molecule has 15 heteroatoms. The highest BCUT2D eigenvalue weighted by Gasteiger charge is 2.85. The van der Waals surface area contributed by atoms with Gasteiger partial charge in [-0.15, -0.1) is 0 Å². The van der Waals surface area contributed by atoms with Gasteiger partial charge < -0.3 is 29.1 Å². The highest BCUT2D eigenvalue weighted by Crippen LogP contribution is 2.70. The molecular formula is C22H28N2O9S4. The number of Topliss-reactive ketones (excluding diaryl/α,β-unsaturated/α-hetero) is 1. The summed E-state index contributed by atoms with van der Waals surface area (Å²) in [5.74, 6) is -2.76. The average molecular weight is 593 g/mol. The molecule has 5 aliphatic heterocycles. The molecule has 0 aromatic rings. The Morgan fingerprint density at radius 2 is 1.76 bits per heavy atom. The summed E-state index contributed by atoms with van der Waals surface area (Å²) in [4.78, 5) is 66.8. The zero-order valence-corrected chi connectivity index (χ0v) is 24.4. The van der Waals surface area contributed by atoms with Crippen molar-refractivity contribution in [1.29, 1.82) is 0 Å². The van der Waals surface area contributed by atoms with Crippen molar-refractivity contribution < 1.29 is 43.3 Å². The van der Waals surface area contributed by atoms with E-state index in [4.69, 9.17) is 14.2 Å². The molecule has 6 aliphatic rings. The van der Waals surface area contributed by atoms with Crippen LogP contribution in [0.1, 0.15) is 47.5 Å². The molecule has 0 radical (unpaired) electrons. The van der Waals surface area contributed by atoms with Gasteiger partial charge >= 0.3 is 11.9 Å². The van der Waals surface area contributed by atoms with E-state index in [1.807, 2.05) is 0 Å². The van der Waals surface area contributed by atoms with Gasteiger partial charge in [-0.25, -0.2) is 0 Å². The number of likely N-dealkylation sites (N-methyl/N-ethyl adjacent to an activating group) is 1. The lowest BCUT2D eigenvalue weighted by molar-refractivity contribution is -0.202. The predicted octanol–water partition coefficient (Wildman–Crippen LogP) is 1.53. The van der Waals surface area contributed by atoms with E-state index in [1.54, 1.807) is 20.8 Å². The Hall–Kier alpha value is -1.13. The van der Waals surface area contributed by atoms with Crippen LogP contribution in [0.25, 0.3) is 0 Å². The van der Waals surface area contributed by atoms with Crippen molar-refractivity contribution in [3.05, 3.63) is 0 Å². The number of aliphatic hydroxyl groups is 1. The van der Waals surface area contributed by atoms with Gasteiger partial charge in [0.15, 0.2) is 28.0 Å². The fourth-order valence-corrected chi connectivity index (χ4v) is 14.2. The molecule has 1 saturated carbocycles. The number of piperazine rings is 1. The fraction of sp³-hybridized carbons (Fsp3) is 0.773. The lowest BCUT2D eigenvalue weighted by Gasteiger charge is -2.54. The Balaban J connectivity index is 1.76.